The lowest BCUT2D eigenvalue weighted by Gasteiger charge is -2.35. The van der Waals surface area contributed by atoms with Crippen molar-refractivity contribution < 1.29 is 9.59 Å². The SMILES string of the molecule is CCC1CCCCN1C(=O)c1ccc(C(=O)N2CCCc3ccccc32)cc1. The van der Waals surface area contributed by atoms with E-state index in [0.717, 1.165) is 50.9 Å². The maximum atomic E-state index is 13.1. The van der Waals surface area contributed by atoms with Gasteiger partial charge in [-0.05, 0) is 74.4 Å². The molecule has 1 fully saturated rings. The van der Waals surface area contributed by atoms with Crippen LogP contribution in [0.5, 0.6) is 0 Å². The lowest BCUT2D eigenvalue weighted by molar-refractivity contribution is 0.0607. The third-order valence-corrected chi connectivity index (χ3v) is 6.09. The summed E-state index contributed by atoms with van der Waals surface area (Å²) in [5.41, 5.74) is 3.55. The molecule has 4 heteroatoms. The summed E-state index contributed by atoms with van der Waals surface area (Å²) in [5, 5.41) is 0. The first-order chi connectivity index (χ1) is 13.7. The molecule has 1 unspecified atom stereocenters. The molecule has 0 bridgehead atoms. The Kier molecular flexibility index (Phi) is 5.47. The molecule has 0 radical (unpaired) electrons. The van der Waals surface area contributed by atoms with Gasteiger partial charge in [0.15, 0.2) is 0 Å². The third kappa shape index (κ3) is 3.56. The van der Waals surface area contributed by atoms with Gasteiger partial charge >= 0.3 is 0 Å². The van der Waals surface area contributed by atoms with Gasteiger partial charge in [-0.15, -0.1) is 0 Å². The zero-order chi connectivity index (χ0) is 19.5. The number of hydrogen-bond donors (Lipinski definition) is 0. The molecule has 2 aromatic carbocycles. The van der Waals surface area contributed by atoms with Gasteiger partial charge in [0.05, 0.1) is 0 Å². The number of piperidine rings is 1. The summed E-state index contributed by atoms with van der Waals surface area (Å²) in [4.78, 5) is 29.9. The number of amides is 2. The Bertz CT molecular complexity index is 859. The number of carbonyl (C=O) groups is 2. The summed E-state index contributed by atoms with van der Waals surface area (Å²) in [6.45, 7) is 3.72. The van der Waals surface area contributed by atoms with Crippen molar-refractivity contribution in [2.45, 2.75) is 51.5 Å². The highest BCUT2D eigenvalue weighted by molar-refractivity contribution is 6.07. The maximum Gasteiger partial charge on any atom is 0.258 e. The van der Waals surface area contributed by atoms with Crippen LogP contribution in [0.1, 0.15) is 65.3 Å². The fraction of sp³-hybridized carbons (Fsp3) is 0.417. The minimum absolute atomic E-state index is 0.00977. The van der Waals surface area contributed by atoms with Crippen molar-refractivity contribution in [2.75, 3.05) is 18.0 Å². The molecule has 2 aliphatic rings. The molecular weight excluding hydrogens is 348 g/mol. The van der Waals surface area contributed by atoms with Crippen molar-refractivity contribution in [3.8, 4) is 0 Å². The maximum absolute atomic E-state index is 13.1. The monoisotopic (exact) mass is 376 g/mol. The molecule has 28 heavy (non-hydrogen) atoms. The van der Waals surface area contributed by atoms with E-state index in [1.165, 1.54) is 12.0 Å². The predicted molar refractivity (Wildman–Crippen MR) is 112 cm³/mol. The number of rotatable bonds is 3. The molecule has 0 aliphatic carbocycles. The van der Waals surface area contributed by atoms with Crippen LogP contribution in [0, 0.1) is 0 Å². The number of anilines is 1. The van der Waals surface area contributed by atoms with Gasteiger partial charge in [0.25, 0.3) is 11.8 Å². The highest BCUT2D eigenvalue weighted by Crippen LogP contribution is 2.28. The summed E-state index contributed by atoms with van der Waals surface area (Å²) in [6, 6.07) is 15.7. The quantitative estimate of drug-likeness (QED) is 0.780. The van der Waals surface area contributed by atoms with Crippen LogP contribution in [-0.2, 0) is 6.42 Å². The van der Waals surface area contributed by atoms with E-state index in [4.69, 9.17) is 0 Å². The molecule has 2 amide bonds. The molecule has 2 aliphatic heterocycles. The van der Waals surface area contributed by atoms with Gasteiger partial charge in [-0.3, -0.25) is 9.59 Å². The third-order valence-electron chi connectivity index (χ3n) is 6.09. The Morgan fingerprint density at radius 3 is 2.36 bits per heavy atom. The second-order valence-corrected chi connectivity index (χ2v) is 7.82. The summed E-state index contributed by atoms with van der Waals surface area (Å²) >= 11 is 0. The van der Waals surface area contributed by atoms with Gasteiger partial charge < -0.3 is 9.80 Å². The topological polar surface area (TPSA) is 40.6 Å². The Labute approximate surface area is 167 Å². The van der Waals surface area contributed by atoms with Crippen molar-refractivity contribution in [1.29, 1.82) is 0 Å². The van der Waals surface area contributed by atoms with E-state index in [2.05, 4.69) is 13.0 Å². The number of carbonyl (C=O) groups excluding carboxylic acids is 2. The lowest BCUT2D eigenvalue weighted by atomic mass is 9.98. The molecule has 0 aromatic heterocycles. The summed E-state index contributed by atoms with van der Waals surface area (Å²) in [5.74, 6) is 0.101. The standard InChI is InChI=1S/C24H28N2O2/c1-2-21-10-5-6-16-25(21)23(27)19-12-14-20(15-13-19)24(28)26-17-7-9-18-8-3-4-11-22(18)26/h3-4,8,11-15,21H,2,5-7,9-10,16-17H2,1H3. The fourth-order valence-electron chi connectivity index (χ4n) is 4.51. The van der Waals surface area contributed by atoms with Crippen LogP contribution >= 0.6 is 0 Å². The van der Waals surface area contributed by atoms with E-state index >= 15 is 0 Å². The molecule has 146 valence electrons. The van der Waals surface area contributed by atoms with E-state index in [9.17, 15) is 9.59 Å². The van der Waals surface area contributed by atoms with Crippen LogP contribution < -0.4 is 4.90 Å². The minimum atomic E-state index is 0.00977. The predicted octanol–water partition coefficient (Wildman–Crippen LogP) is 4.68. The van der Waals surface area contributed by atoms with Crippen LogP contribution in [0.15, 0.2) is 48.5 Å². The van der Waals surface area contributed by atoms with E-state index < -0.39 is 0 Å². The van der Waals surface area contributed by atoms with E-state index in [1.54, 1.807) is 12.1 Å². The van der Waals surface area contributed by atoms with Crippen molar-refractivity contribution in [3.05, 3.63) is 65.2 Å². The van der Waals surface area contributed by atoms with Gasteiger partial charge in [0.1, 0.15) is 0 Å². The van der Waals surface area contributed by atoms with Crippen molar-refractivity contribution in [2.24, 2.45) is 0 Å². The molecule has 0 saturated carbocycles. The fourth-order valence-corrected chi connectivity index (χ4v) is 4.51. The Hall–Kier alpha value is -2.62. The van der Waals surface area contributed by atoms with Crippen LogP contribution in [-0.4, -0.2) is 35.8 Å². The van der Waals surface area contributed by atoms with E-state index in [0.29, 0.717) is 17.2 Å². The molecule has 4 nitrogen and oxygen atoms in total. The average Bonchev–Trinajstić information content (AvgIpc) is 2.77. The number of benzene rings is 2. The second-order valence-electron chi connectivity index (χ2n) is 7.82. The van der Waals surface area contributed by atoms with Crippen molar-refractivity contribution in [3.63, 3.8) is 0 Å². The normalized spacial score (nSPS) is 19.2. The van der Waals surface area contributed by atoms with Crippen LogP contribution in [0.3, 0.4) is 0 Å². The smallest absolute Gasteiger partial charge is 0.258 e. The van der Waals surface area contributed by atoms with Gasteiger partial charge in [-0.1, -0.05) is 25.1 Å². The molecule has 1 saturated heterocycles. The molecular formula is C24H28N2O2. The number of aryl methyl sites for hydroxylation is 1. The van der Waals surface area contributed by atoms with Gasteiger partial charge in [0, 0.05) is 35.9 Å². The number of hydrogen-bond acceptors (Lipinski definition) is 2. The Balaban J connectivity index is 1.52. The average molecular weight is 377 g/mol. The summed E-state index contributed by atoms with van der Waals surface area (Å²) in [7, 11) is 0. The minimum Gasteiger partial charge on any atom is -0.336 e. The van der Waals surface area contributed by atoms with E-state index in [1.807, 2.05) is 40.1 Å². The zero-order valence-electron chi connectivity index (χ0n) is 16.6. The largest absolute Gasteiger partial charge is 0.336 e. The number of nitrogens with zero attached hydrogens (tertiary/aromatic N) is 2. The van der Waals surface area contributed by atoms with Crippen LogP contribution in [0.25, 0.3) is 0 Å². The molecule has 2 heterocycles. The van der Waals surface area contributed by atoms with Gasteiger partial charge in [0.2, 0.25) is 0 Å². The second kappa shape index (κ2) is 8.17. The Morgan fingerprint density at radius 1 is 0.893 bits per heavy atom. The lowest BCUT2D eigenvalue weighted by Crippen LogP contribution is -2.43. The number of para-hydroxylation sites is 1. The molecule has 4 rings (SSSR count). The first-order valence-electron chi connectivity index (χ1n) is 10.5. The molecule has 1 atom stereocenters. The highest BCUT2D eigenvalue weighted by Gasteiger charge is 2.27. The van der Waals surface area contributed by atoms with Crippen LogP contribution in [0.4, 0.5) is 5.69 Å². The summed E-state index contributed by atoms with van der Waals surface area (Å²) in [6.07, 6.45) is 6.36. The molecule has 0 N–H and O–H groups in total. The van der Waals surface area contributed by atoms with Gasteiger partial charge in [-0.2, -0.15) is 0 Å². The molecule has 0 spiro atoms. The van der Waals surface area contributed by atoms with Crippen LogP contribution in [0.2, 0.25) is 0 Å². The number of fused-ring (bicyclic) bond motifs is 1. The van der Waals surface area contributed by atoms with Gasteiger partial charge in [-0.25, -0.2) is 0 Å². The Morgan fingerprint density at radius 2 is 1.61 bits per heavy atom. The summed E-state index contributed by atoms with van der Waals surface area (Å²) < 4.78 is 0. The number of likely N-dealkylation sites (tertiary alicyclic amines) is 1. The first kappa shape index (κ1) is 18.7. The van der Waals surface area contributed by atoms with Crippen molar-refractivity contribution in [1.82, 2.24) is 4.90 Å². The first-order valence-corrected chi connectivity index (χ1v) is 10.5. The highest BCUT2D eigenvalue weighted by atomic mass is 16.2. The van der Waals surface area contributed by atoms with E-state index in [-0.39, 0.29) is 11.8 Å². The zero-order valence-corrected chi connectivity index (χ0v) is 16.6. The van der Waals surface area contributed by atoms with Crippen molar-refractivity contribution >= 4 is 17.5 Å². The molecule has 2 aromatic rings.